The number of hydrogen-bond acceptors (Lipinski definition) is 2. The fourth-order valence-electron chi connectivity index (χ4n) is 0.764. The third-order valence-corrected chi connectivity index (χ3v) is 1.38. The highest BCUT2D eigenvalue weighted by molar-refractivity contribution is 5.91. The Balaban J connectivity index is 2.63. The van der Waals surface area contributed by atoms with Crippen molar-refractivity contribution < 1.29 is 4.79 Å². The van der Waals surface area contributed by atoms with E-state index >= 15 is 0 Å². The van der Waals surface area contributed by atoms with Crippen LogP contribution >= 0.6 is 0 Å². The molecule has 1 aromatic rings. The highest BCUT2D eigenvalue weighted by Crippen LogP contribution is 1.96. The largest absolute Gasteiger partial charge is 0.356 e. The van der Waals surface area contributed by atoms with E-state index in [1.165, 1.54) is 6.08 Å². The predicted octanol–water partition coefficient (Wildman–Crippen LogP) is 0.179. The lowest BCUT2D eigenvalue weighted by atomic mass is 10.4. The van der Waals surface area contributed by atoms with Crippen LogP contribution in [0.1, 0.15) is 5.69 Å². The Morgan fingerprint density at radius 3 is 3.00 bits per heavy atom. The molecule has 0 saturated carbocycles. The van der Waals surface area contributed by atoms with E-state index in [1.54, 1.807) is 19.5 Å². The van der Waals surface area contributed by atoms with E-state index < -0.39 is 0 Å². The van der Waals surface area contributed by atoms with Gasteiger partial charge in [-0.05, 0) is 6.08 Å². The highest BCUT2D eigenvalue weighted by atomic mass is 16.1. The second kappa shape index (κ2) is 3.71. The maximum Gasteiger partial charge on any atom is 0.243 e. The van der Waals surface area contributed by atoms with E-state index in [9.17, 15) is 4.79 Å². The van der Waals surface area contributed by atoms with Gasteiger partial charge in [-0.3, -0.25) is 4.79 Å². The molecule has 0 aliphatic heterocycles. The zero-order valence-corrected chi connectivity index (χ0v) is 7.11. The number of nitrogens with one attached hydrogen (secondary N) is 1. The van der Waals surface area contributed by atoms with Crippen molar-refractivity contribution in [1.29, 1.82) is 0 Å². The second-order valence-corrected chi connectivity index (χ2v) is 2.41. The van der Waals surface area contributed by atoms with Crippen LogP contribution in [0, 0.1) is 0 Å². The summed E-state index contributed by atoms with van der Waals surface area (Å²) < 4.78 is 1.82. The van der Waals surface area contributed by atoms with E-state index in [0.29, 0.717) is 0 Å². The molecule has 1 amide bonds. The van der Waals surface area contributed by atoms with Crippen molar-refractivity contribution in [3.05, 3.63) is 24.3 Å². The summed E-state index contributed by atoms with van der Waals surface area (Å²) in [6.45, 7) is 0. The summed E-state index contributed by atoms with van der Waals surface area (Å²) in [5.41, 5.74) is 0.779. The van der Waals surface area contributed by atoms with Crippen LogP contribution in [0.15, 0.2) is 18.6 Å². The lowest BCUT2D eigenvalue weighted by Crippen LogP contribution is -2.13. The van der Waals surface area contributed by atoms with Gasteiger partial charge in [0.1, 0.15) is 0 Å². The first-order valence-electron chi connectivity index (χ1n) is 3.60. The maximum atomic E-state index is 10.8. The van der Waals surface area contributed by atoms with E-state index in [1.807, 2.05) is 17.8 Å². The molecule has 0 aliphatic carbocycles. The Morgan fingerprint density at radius 1 is 1.75 bits per heavy atom. The first-order valence-corrected chi connectivity index (χ1v) is 3.60. The number of hydrogen-bond donors (Lipinski definition) is 1. The lowest BCUT2D eigenvalue weighted by molar-refractivity contribution is -0.115. The number of aromatic nitrogens is 2. The smallest absolute Gasteiger partial charge is 0.243 e. The van der Waals surface area contributed by atoms with Gasteiger partial charge in [0.2, 0.25) is 5.91 Å². The molecule has 0 bridgehead atoms. The molecule has 4 nitrogen and oxygen atoms in total. The Bertz CT molecular complexity index is 301. The number of rotatable bonds is 2. The van der Waals surface area contributed by atoms with Crippen LogP contribution in [-0.2, 0) is 11.8 Å². The molecule has 0 saturated heterocycles. The molecular weight excluding hydrogens is 154 g/mol. The zero-order valence-electron chi connectivity index (χ0n) is 7.11. The summed E-state index contributed by atoms with van der Waals surface area (Å²) in [5, 5.41) is 2.48. The molecule has 12 heavy (non-hydrogen) atoms. The van der Waals surface area contributed by atoms with Crippen molar-refractivity contribution in [3.8, 4) is 0 Å². The Labute approximate surface area is 70.9 Å². The summed E-state index contributed by atoms with van der Waals surface area (Å²) in [6, 6.07) is 0. The molecule has 4 heteroatoms. The van der Waals surface area contributed by atoms with Gasteiger partial charge in [-0.2, -0.15) is 0 Å². The number of aryl methyl sites for hydroxylation is 1. The van der Waals surface area contributed by atoms with Crippen LogP contribution in [-0.4, -0.2) is 22.5 Å². The fraction of sp³-hybridized carbons (Fsp3) is 0.250. The van der Waals surface area contributed by atoms with Gasteiger partial charge in [-0.1, -0.05) is 0 Å². The van der Waals surface area contributed by atoms with Gasteiger partial charge >= 0.3 is 0 Å². The third-order valence-electron chi connectivity index (χ3n) is 1.38. The van der Waals surface area contributed by atoms with Gasteiger partial charge in [0.15, 0.2) is 0 Å². The molecule has 1 rings (SSSR count). The Kier molecular flexibility index (Phi) is 2.63. The summed E-state index contributed by atoms with van der Waals surface area (Å²) in [6.07, 6.45) is 6.63. The quantitative estimate of drug-likeness (QED) is 0.635. The van der Waals surface area contributed by atoms with Gasteiger partial charge in [0.05, 0.1) is 12.0 Å². The number of likely N-dealkylation sites (N-methyl/N-ethyl adjacent to an activating group) is 1. The first-order chi connectivity index (χ1) is 5.72. The number of nitrogens with zero attached hydrogens (tertiary/aromatic N) is 2. The molecule has 0 spiro atoms. The molecule has 0 aliphatic rings. The number of imidazole rings is 1. The number of carbonyl (C=O) groups is 1. The molecule has 0 aromatic carbocycles. The third kappa shape index (κ3) is 2.23. The van der Waals surface area contributed by atoms with Crippen molar-refractivity contribution in [3.63, 3.8) is 0 Å². The van der Waals surface area contributed by atoms with E-state index in [0.717, 1.165) is 5.69 Å². The minimum Gasteiger partial charge on any atom is -0.356 e. The van der Waals surface area contributed by atoms with E-state index in [2.05, 4.69) is 10.3 Å². The van der Waals surface area contributed by atoms with Gasteiger partial charge in [0, 0.05) is 26.4 Å². The van der Waals surface area contributed by atoms with Gasteiger partial charge in [-0.25, -0.2) is 4.98 Å². The van der Waals surface area contributed by atoms with Crippen LogP contribution in [0.25, 0.3) is 6.08 Å². The average Bonchev–Trinajstić information content (AvgIpc) is 2.47. The highest BCUT2D eigenvalue weighted by Gasteiger charge is 1.91. The van der Waals surface area contributed by atoms with Crippen LogP contribution in [0.2, 0.25) is 0 Å². The van der Waals surface area contributed by atoms with Crippen LogP contribution in [0.3, 0.4) is 0 Å². The number of amides is 1. The first kappa shape index (κ1) is 8.52. The van der Waals surface area contributed by atoms with Crippen LogP contribution in [0.4, 0.5) is 0 Å². The topological polar surface area (TPSA) is 46.9 Å². The normalized spacial score (nSPS) is 10.5. The summed E-state index contributed by atoms with van der Waals surface area (Å²) in [5.74, 6) is -0.124. The molecule has 1 aromatic heterocycles. The molecule has 0 fully saturated rings. The van der Waals surface area contributed by atoms with Gasteiger partial charge < -0.3 is 9.88 Å². The van der Waals surface area contributed by atoms with Crippen molar-refractivity contribution in [2.75, 3.05) is 7.05 Å². The number of carbonyl (C=O) groups excluding carboxylic acids is 1. The molecule has 1 N–H and O–H groups in total. The minimum atomic E-state index is -0.124. The van der Waals surface area contributed by atoms with Crippen molar-refractivity contribution in [1.82, 2.24) is 14.9 Å². The summed E-state index contributed by atoms with van der Waals surface area (Å²) in [7, 11) is 3.47. The second-order valence-electron chi connectivity index (χ2n) is 2.41. The molecule has 64 valence electrons. The zero-order chi connectivity index (χ0) is 8.97. The molecule has 1 heterocycles. The standard InChI is InChI=1S/C8H11N3O/c1-9-8(12)4-3-7-5-11(2)6-10-7/h3-6H,1-2H3,(H,9,12)/b4-3+. The molecular formula is C8H11N3O. The summed E-state index contributed by atoms with van der Waals surface area (Å²) >= 11 is 0. The SMILES string of the molecule is CNC(=O)/C=C/c1cn(C)cn1. The van der Waals surface area contributed by atoms with Crippen LogP contribution < -0.4 is 5.32 Å². The van der Waals surface area contributed by atoms with Crippen molar-refractivity contribution in [2.45, 2.75) is 0 Å². The van der Waals surface area contributed by atoms with Crippen LogP contribution in [0.5, 0.6) is 0 Å². The van der Waals surface area contributed by atoms with Gasteiger partial charge in [-0.15, -0.1) is 0 Å². The molecule has 0 unspecified atom stereocenters. The minimum absolute atomic E-state index is 0.124. The predicted molar refractivity (Wildman–Crippen MR) is 46.3 cm³/mol. The van der Waals surface area contributed by atoms with E-state index in [4.69, 9.17) is 0 Å². The Morgan fingerprint density at radius 2 is 2.50 bits per heavy atom. The Hall–Kier alpha value is -1.58. The van der Waals surface area contributed by atoms with E-state index in [-0.39, 0.29) is 5.91 Å². The fourth-order valence-corrected chi connectivity index (χ4v) is 0.764. The van der Waals surface area contributed by atoms with Crippen molar-refractivity contribution in [2.24, 2.45) is 7.05 Å². The molecule has 0 atom stereocenters. The van der Waals surface area contributed by atoms with Gasteiger partial charge in [0.25, 0.3) is 0 Å². The molecule has 0 radical (unpaired) electrons. The summed E-state index contributed by atoms with van der Waals surface area (Å²) in [4.78, 5) is 14.8. The van der Waals surface area contributed by atoms with Crippen molar-refractivity contribution >= 4 is 12.0 Å². The monoisotopic (exact) mass is 165 g/mol. The maximum absolute atomic E-state index is 10.8. The average molecular weight is 165 g/mol. The lowest BCUT2D eigenvalue weighted by Gasteiger charge is -1.87.